The normalized spacial score (nSPS) is 16.9. The fraction of sp³-hybridized carbons (Fsp3) is 0.367. The minimum Gasteiger partial charge on any atom is -0.434 e. The Kier molecular flexibility index (Phi) is 10.3. The predicted molar refractivity (Wildman–Crippen MR) is 156 cm³/mol. The van der Waals surface area contributed by atoms with Crippen LogP contribution in [0.5, 0.6) is 0 Å². The van der Waals surface area contributed by atoms with Gasteiger partial charge in [0.2, 0.25) is 10.0 Å². The van der Waals surface area contributed by atoms with Gasteiger partial charge in [0.05, 0.1) is 30.2 Å². The van der Waals surface area contributed by atoms with Gasteiger partial charge in [0, 0.05) is 19.3 Å². The number of pyridine rings is 1. The average Bonchev–Trinajstić information content (AvgIpc) is 3.38. The van der Waals surface area contributed by atoms with Crippen LogP contribution < -0.4 is 10.2 Å². The first-order valence-corrected chi connectivity index (χ1v) is 15.1. The molecule has 0 aliphatic carbocycles. The standard InChI is InChI=1S/C30H36N4O7S/c1-21(2)17-33(42(39,40)24-13-11-23(20-35)12-14-24)18-26(36)25(16-22-8-4-3-5-9-22)32-29(37)27-19-34(30(38)41-27)28-10-6-7-15-31-28/h3-15,21,25-27,35-36H,16-20H2,1-2H3,(H,32,37)/t25-,26+,27-/m0/s1. The van der Waals surface area contributed by atoms with Crippen LogP contribution in [0.1, 0.15) is 25.0 Å². The number of aliphatic hydroxyl groups excluding tert-OH is 2. The number of sulfonamides is 1. The van der Waals surface area contributed by atoms with Crippen molar-refractivity contribution in [1.29, 1.82) is 0 Å². The summed E-state index contributed by atoms with van der Waals surface area (Å²) in [6.07, 6.45) is -1.43. The van der Waals surface area contributed by atoms with E-state index in [0.717, 1.165) is 5.56 Å². The van der Waals surface area contributed by atoms with Crippen molar-refractivity contribution in [3.05, 3.63) is 90.1 Å². The summed E-state index contributed by atoms with van der Waals surface area (Å²) < 4.78 is 33.8. The first-order chi connectivity index (χ1) is 20.1. The van der Waals surface area contributed by atoms with Crippen LogP contribution in [0.3, 0.4) is 0 Å². The lowest BCUT2D eigenvalue weighted by atomic mass is 10.0. The molecule has 1 saturated heterocycles. The molecule has 1 fully saturated rings. The molecular formula is C30H36N4O7S. The molecule has 11 nitrogen and oxygen atoms in total. The molecule has 2 amide bonds. The topological polar surface area (TPSA) is 149 Å². The fourth-order valence-electron chi connectivity index (χ4n) is 4.66. The molecule has 1 aromatic heterocycles. The van der Waals surface area contributed by atoms with Gasteiger partial charge in [0.25, 0.3) is 5.91 Å². The molecule has 0 saturated carbocycles. The Balaban J connectivity index is 1.54. The Morgan fingerprint density at radius 2 is 1.74 bits per heavy atom. The van der Waals surface area contributed by atoms with Crippen LogP contribution in [0, 0.1) is 5.92 Å². The van der Waals surface area contributed by atoms with Gasteiger partial charge in [-0.2, -0.15) is 4.31 Å². The van der Waals surface area contributed by atoms with Crippen LogP contribution in [-0.2, 0) is 32.6 Å². The zero-order valence-electron chi connectivity index (χ0n) is 23.5. The van der Waals surface area contributed by atoms with Crippen molar-refractivity contribution in [3.63, 3.8) is 0 Å². The number of rotatable bonds is 13. The molecule has 0 spiro atoms. The van der Waals surface area contributed by atoms with E-state index in [1.807, 2.05) is 44.2 Å². The number of amides is 2. The lowest BCUT2D eigenvalue weighted by molar-refractivity contribution is -0.129. The second-order valence-electron chi connectivity index (χ2n) is 10.6. The van der Waals surface area contributed by atoms with Crippen LogP contribution >= 0.6 is 0 Å². The Morgan fingerprint density at radius 1 is 1.05 bits per heavy atom. The zero-order valence-corrected chi connectivity index (χ0v) is 24.4. The summed E-state index contributed by atoms with van der Waals surface area (Å²) in [5.74, 6) is -0.318. The average molecular weight is 597 g/mol. The van der Waals surface area contributed by atoms with Gasteiger partial charge in [-0.05, 0) is 47.7 Å². The van der Waals surface area contributed by atoms with Crippen molar-refractivity contribution in [1.82, 2.24) is 14.6 Å². The summed E-state index contributed by atoms with van der Waals surface area (Å²) in [5, 5.41) is 23.6. The monoisotopic (exact) mass is 596 g/mol. The van der Waals surface area contributed by atoms with E-state index < -0.39 is 40.3 Å². The van der Waals surface area contributed by atoms with Crippen molar-refractivity contribution in [3.8, 4) is 0 Å². The van der Waals surface area contributed by atoms with Gasteiger partial charge in [-0.15, -0.1) is 0 Å². The van der Waals surface area contributed by atoms with Crippen LogP contribution in [0.4, 0.5) is 10.6 Å². The molecule has 1 aliphatic heterocycles. The summed E-state index contributed by atoms with van der Waals surface area (Å²) in [4.78, 5) is 31.2. The molecule has 12 heteroatoms. The molecule has 224 valence electrons. The van der Waals surface area contributed by atoms with Crippen molar-refractivity contribution in [2.24, 2.45) is 5.92 Å². The quantitative estimate of drug-likeness (QED) is 0.272. The van der Waals surface area contributed by atoms with E-state index in [-0.39, 0.29) is 43.5 Å². The van der Waals surface area contributed by atoms with Crippen LogP contribution in [0.2, 0.25) is 0 Å². The second kappa shape index (κ2) is 13.9. The van der Waals surface area contributed by atoms with Gasteiger partial charge in [-0.1, -0.05) is 62.4 Å². The van der Waals surface area contributed by atoms with E-state index in [1.54, 1.807) is 18.2 Å². The molecule has 3 N–H and O–H groups in total. The minimum absolute atomic E-state index is 0.0312. The molecule has 1 aliphatic rings. The zero-order chi connectivity index (χ0) is 30.3. The number of hydrogen-bond acceptors (Lipinski definition) is 8. The van der Waals surface area contributed by atoms with Gasteiger partial charge in [0.1, 0.15) is 5.82 Å². The smallest absolute Gasteiger partial charge is 0.416 e. The van der Waals surface area contributed by atoms with E-state index in [9.17, 15) is 28.2 Å². The van der Waals surface area contributed by atoms with Crippen molar-refractivity contribution >= 4 is 27.8 Å². The highest BCUT2D eigenvalue weighted by Gasteiger charge is 2.39. The molecule has 2 heterocycles. The minimum atomic E-state index is -4.02. The van der Waals surface area contributed by atoms with E-state index in [4.69, 9.17) is 4.74 Å². The van der Waals surface area contributed by atoms with Crippen molar-refractivity contribution in [2.45, 2.75) is 50.0 Å². The first kappa shape index (κ1) is 31.1. The number of nitrogens with one attached hydrogen (secondary N) is 1. The number of aromatic nitrogens is 1. The second-order valence-corrected chi connectivity index (χ2v) is 12.5. The first-order valence-electron chi connectivity index (χ1n) is 13.7. The highest BCUT2D eigenvalue weighted by atomic mass is 32.2. The van der Waals surface area contributed by atoms with Crippen LogP contribution in [-0.4, -0.2) is 77.8 Å². The summed E-state index contributed by atoms with van der Waals surface area (Å²) in [6.45, 7) is 3.31. The Labute approximate surface area is 245 Å². The van der Waals surface area contributed by atoms with Gasteiger partial charge < -0.3 is 20.3 Å². The Bertz CT molecular complexity index is 1440. The number of carbonyl (C=O) groups is 2. The largest absolute Gasteiger partial charge is 0.434 e. The summed E-state index contributed by atoms with van der Waals surface area (Å²) in [6, 6.07) is 19.3. The van der Waals surface area contributed by atoms with Gasteiger partial charge >= 0.3 is 6.09 Å². The highest BCUT2D eigenvalue weighted by Crippen LogP contribution is 2.22. The highest BCUT2D eigenvalue weighted by molar-refractivity contribution is 7.89. The van der Waals surface area contributed by atoms with Crippen LogP contribution in [0.15, 0.2) is 83.9 Å². The van der Waals surface area contributed by atoms with E-state index in [2.05, 4.69) is 10.3 Å². The Morgan fingerprint density at radius 3 is 2.36 bits per heavy atom. The predicted octanol–water partition coefficient (Wildman–Crippen LogP) is 2.33. The maximum absolute atomic E-state index is 13.6. The maximum Gasteiger partial charge on any atom is 0.416 e. The van der Waals surface area contributed by atoms with E-state index in [1.165, 1.54) is 39.7 Å². The number of nitrogens with zero attached hydrogens (tertiary/aromatic N) is 3. The molecule has 42 heavy (non-hydrogen) atoms. The van der Waals surface area contributed by atoms with E-state index in [0.29, 0.717) is 11.4 Å². The maximum atomic E-state index is 13.6. The molecule has 4 rings (SSSR count). The lowest BCUT2D eigenvalue weighted by Gasteiger charge is -2.31. The van der Waals surface area contributed by atoms with E-state index >= 15 is 0 Å². The molecule has 3 aromatic rings. The third-order valence-electron chi connectivity index (χ3n) is 6.82. The molecule has 3 atom stereocenters. The van der Waals surface area contributed by atoms with Crippen molar-refractivity contribution in [2.75, 3.05) is 24.5 Å². The lowest BCUT2D eigenvalue weighted by Crippen LogP contribution is -2.53. The molecular weight excluding hydrogens is 560 g/mol. The number of benzene rings is 2. The Hall–Kier alpha value is -3.84. The number of carbonyl (C=O) groups excluding carboxylic acids is 2. The summed E-state index contributed by atoms with van der Waals surface area (Å²) in [5.41, 5.74) is 1.39. The SMILES string of the molecule is CC(C)CN(C[C@@H](O)[C@H](Cc1ccccc1)NC(=O)[C@@H]1CN(c2ccccn2)C(=O)O1)S(=O)(=O)c1ccc(CO)cc1. The van der Waals surface area contributed by atoms with Gasteiger partial charge in [-0.25, -0.2) is 18.2 Å². The van der Waals surface area contributed by atoms with Gasteiger partial charge in [0.15, 0.2) is 6.10 Å². The van der Waals surface area contributed by atoms with Gasteiger partial charge in [-0.3, -0.25) is 9.69 Å². The number of ether oxygens (including phenoxy) is 1. The summed E-state index contributed by atoms with van der Waals surface area (Å²) >= 11 is 0. The number of hydrogen-bond donors (Lipinski definition) is 3. The molecule has 0 bridgehead atoms. The fourth-order valence-corrected chi connectivity index (χ4v) is 6.28. The third-order valence-corrected chi connectivity index (χ3v) is 8.67. The number of anilines is 1. The summed E-state index contributed by atoms with van der Waals surface area (Å²) in [7, 11) is -4.02. The molecule has 2 aromatic carbocycles. The third kappa shape index (κ3) is 7.71. The number of cyclic esters (lactones) is 1. The van der Waals surface area contributed by atoms with Crippen molar-refractivity contribution < 1.29 is 33.0 Å². The molecule has 0 unspecified atom stereocenters. The number of aliphatic hydroxyl groups is 2. The van der Waals surface area contributed by atoms with Crippen LogP contribution in [0.25, 0.3) is 0 Å². The molecule has 0 radical (unpaired) electrons.